The van der Waals surface area contributed by atoms with E-state index in [9.17, 15) is 13.2 Å². The van der Waals surface area contributed by atoms with Crippen molar-refractivity contribution in [2.45, 2.75) is 59.2 Å². The van der Waals surface area contributed by atoms with Crippen molar-refractivity contribution in [1.29, 1.82) is 0 Å². The van der Waals surface area contributed by atoms with E-state index in [0.717, 1.165) is 32.4 Å². The minimum atomic E-state index is -4.11. The lowest BCUT2D eigenvalue weighted by molar-refractivity contribution is -0.125. The summed E-state index contributed by atoms with van der Waals surface area (Å²) < 4.78 is 35.8. The van der Waals surface area contributed by atoms with Gasteiger partial charge in [-0.2, -0.15) is 13.2 Å². The van der Waals surface area contributed by atoms with Gasteiger partial charge in [-0.15, -0.1) is 0 Å². The molecule has 0 aromatic heterocycles. The second-order valence-corrected chi connectivity index (χ2v) is 4.22. The molecule has 0 amide bonds. The molecule has 1 heterocycles. The molecule has 1 rings (SSSR count). The van der Waals surface area contributed by atoms with Crippen LogP contribution in [0.4, 0.5) is 13.2 Å². The Morgan fingerprint density at radius 2 is 1.80 bits per heavy atom. The molecule has 0 bridgehead atoms. The van der Waals surface area contributed by atoms with Crippen LogP contribution in [-0.4, -0.2) is 49.8 Å². The first kappa shape index (κ1) is 22.0. The molecule has 0 spiro atoms. The van der Waals surface area contributed by atoms with Crippen molar-refractivity contribution in [3.05, 3.63) is 0 Å². The third kappa shape index (κ3) is 11.5. The number of nitrogens with one attached hydrogen (secondary N) is 1. The fourth-order valence-corrected chi connectivity index (χ4v) is 2.10. The van der Waals surface area contributed by atoms with E-state index in [4.69, 9.17) is 5.73 Å². The molecular weight excluding hydrogens is 267 g/mol. The summed E-state index contributed by atoms with van der Waals surface area (Å²) in [7, 11) is 0. The van der Waals surface area contributed by atoms with Crippen LogP contribution in [0.25, 0.3) is 0 Å². The number of halogens is 3. The maximum absolute atomic E-state index is 11.9. The molecule has 1 atom stereocenters. The highest BCUT2D eigenvalue weighted by molar-refractivity contribution is 4.81. The first-order valence-corrected chi connectivity index (χ1v) is 7.74. The average molecular weight is 299 g/mol. The Morgan fingerprint density at radius 1 is 1.20 bits per heavy atom. The zero-order chi connectivity index (χ0) is 16.0. The van der Waals surface area contributed by atoms with Crippen molar-refractivity contribution in [3.8, 4) is 0 Å². The predicted octanol–water partition coefficient (Wildman–Crippen LogP) is 3.00. The van der Waals surface area contributed by atoms with E-state index in [2.05, 4.69) is 10.2 Å². The van der Waals surface area contributed by atoms with Crippen LogP contribution in [-0.2, 0) is 0 Å². The number of hydrogen-bond donors (Lipinski definition) is 2. The summed E-state index contributed by atoms with van der Waals surface area (Å²) in [6.07, 6.45) is -1.14. The van der Waals surface area contributed by atoms with Gasteiger partial charge in [-0.25, -0.2) is 0 Å². The first-order valence-electron chi connectivity index (χ1n) is 7.74. The van der Waals surface area contributed by atoms with Crippen LogP contribution in [0, 0.1) is 0 Å². The van der Waals surface area contributed by atoms with E-state index < -0.39 is 12.7 Å². The number of alkyl halides is 3. The molecular formula is C14H32F3N3. The number of hydrogen-bond acceptors (Lipinski definition) is 3. The molecule has 124 valence electrons. The SMILES string of the molecule is CC.CC.NCCCN1CCCC1CNCC(F)(F)F. The zero-order valence-electron chi connectivity index (χ0n) is 13.4. The third-order valence-electron chi connectivity index (χ3n) is 2.85. The van der Waals surface area contributed by atoms with Crippen molar-refractivity contribution >= 4 is 0 Å². The molecule has 20 heavy (non-hydrogen) atoms. The Kier molecular flexibility index (Phi) is 15.0. The quantitative estimate of drug-likeness (QED) is 0.792. The minimum absolute atomic E-state index is 0.244. The molecule has 1 unspecified atom stereocenters. The largest absolute Gasteiger partial charge is 0.401 e. The van der Waals surface area contributed by atoms with Crippen LogP contribution < -0.4 is 11.1 Å². The van der Waals surface area contributed by atoms with E-state index in [0.29, 0.717) is 13.1 Å². The van der Waals surface area contributed by atoms with Gasteiger partial charge < -0.3 is 11.1 Å². The second-order valence-electron chi connectivity index (χ2n) is 4.22. The normalized spacial score (nSPS) is 18.9. The van der Waals surface area contributed by atoms with Gasteiger partial charge in [-0.05, 0) is 38.9 Å². The summed E-state index contributed by atoms with van der Waals surface area (Å²) in [6, 6.07) is 0.244. The number of nitrogens with two attached hydrogens (primary N) is 1. The highest BCUT2D eigenvalue weighted by Gasteiger charge is 2.28. The fraction of sp³-hybridized carbons (Fsp3) is 1.00. The van der Waals surface area contributed by atoms with Gasteiger partial charge in [-0.1, -0.05) is 27.7 Å². The molecule has 0 aromatic carbocycles. The van der Waals surface area contributed by atoms with Gasteiger partial charge >= 0.3 is 6.18 Å². The Hall–Kier alpha value is -0.330. The Bertz CT molecular complexity index is 199. The van der Waals surface area contributed by atoms with Crippen LogP contribution in [0.5, 0.6) is 0 Å². The smallest absolute Gasteiger partial charge is 0.330 e. The monoisotopic (exact) mass is 299 g/mol. The minimum Gasteiger partial charge on any atom is -0.330 e. The van der Waals surface area contributed by atoms with Crippen LogP contribution in [0.1, 0.15) is 47.0 Å². The van der Waals surface area contributed by atoms with Crippen LogP contribution >= 0.6 is 0 Å². The summed E-state index contributed by atoms with van der Waals surface area (Å²) in [5.41, 5.74) is 5.42. The molecule has 6 heteroatoms. The zero-order valence-corrected chi connectivity index (χ0v) is 13.4. The van der Waals surface area contributed by atoms with Gasteiger partial charge in [0.1, 0.15) is 0 Å². The van der Waals surface area contributed by atoms with Gasteiger partial charge in [0.2, 0.25) is 0 Å². The van der Waals surface area contributed by atoms with Gasteiger partial charge in [0.25, 0.3) is 0 Å². The highest BCUT2D eigenvalue weighted by Crippen LogP contribution is 2.17. The molecule has 1 aliphatic rings. The molecule has 0 saturated carbocycles. The Labute approximate surface area is 122 Å². The average Bonchev–Trinajstić information content (AvgIpc) is 2.87. The maximum atomic E-state index is 11.9. The molecule has 0 aliphatic carbocycles. The summed E-state index contributed by atoms with van der Waals surface area (Å²) in [5, 5.41) is 2.48. The topological polar surface area (TPSA) is 41.3 Å². The van der Waals surface area contributed by atoms with E-state index in [-0.39, 0.29) is 6.04 Å². The highest BCUT2D eigenvalue weighted by atomic mass is 19.4. The van der Waals surface area contributed by atoms with Crippen LogP contribution in [0.15, 0.2) is 0 Å². The van der Waals surface area contributed by atoms with Crippen molar-refractivity contribution in [3.63, 3.8) is 0 Å². The van der Waals surface area contributed by atoms with E-state index >= 15 is 0 Å². The fourth-order valence-electron chi connectivity index (χ4n) is 2.10. The number of nitrogens with zero attached hydrogens (tertiary/aromatic N) is 1. The maximum Gasteiger partial charge on any atom is 0.401 e. The van der Waals surface area contributed by atoms with Crippen molar-refractivity contribution < 1.29 is 13.2 Å². The Balaban J connectivity index is 0. The van der Waals surface area contributed by atoms with Crippen LogP contribution in [0.2, 0.25) is 0 Å². The predicted molar refractivity (Wildman–Crippen MR) is 79.9 cm³/mol. The second kappa shape index (κ2) is 13.6. The van der Waals surface area contributed by atoms with Crippen molar-refractivity contribution in [2.24, 2.45) is 5.73 Å². The lowest BCUT2D eigenvalue weighted by Gasteiger charge is -2.24. The molecule has 3 nitrogen and oxygen atoms in total. The van der Waals surface area contributed by atoms with E-state index in [1.807, 2.05) is 27.7 Å². The lowest BCUT2D eigenvalue weighted by Crippen LogP contribution is -2.41. The molecule has 0 aromatic rings. The third-order valence-corrected chi connectivity index (χ3v) is 2.85. The molecule has 1 saturated heterocycles. The number of rotatable bonds is 6. The standard InChI is InChI=1S/C10H20F3N3.2C2H6/c11-10(12,13)8-15-7-9-3-1-5-16(9)6-2-4-14;2*1-2/h9,15H,1-8,14H2;2*1-2H3. The van der Waals surface area contributed by atoms with E-state index in [1.54, 1.807) is 0 Å². The molecule has 3 N–H and O–H groups in total. The van der Waals surface area contributed by atoms with Gasteiger partial charge in [0.15, 0.2) is 0 Å². The van der Waals surface area contributed by atoms with Crippen molar-refractivity contribution in [1.82, 2.24) is 10.2 Å². The summed E-state index contributed by atoms with van der Waals surface area (Å²) in [6.45, 7) is 10.0. The molecule has 0 radical (unpaired) electrons. The van der Waals surface area contributed by atoms with Crippen LogP contribution in [0.3, 0.4) is 0 Å². The summed E-state index contributed by atoms with van der Waals surface area (Å²) >= 11 is 0. The molecule has 1 aliphatic heterocycles. The van der Waals surface area contributed by atoms with Gasteiger partial charge in [0.05, 0.1) is 6.54 Å². The Morgan fingerprint density at radius 3 is 2.30 bits per heavy atom. The lowest BCUT2D eigenvalue weighted by atomic mass is 10.2. The number of likely N-dealkylation sites (tertiary alicyclic amines) is 1. The van der Waals surface area contributed by atoms with Gasteiger partial charge in [-0.3, -0.25) is 4.90 Å². The summed E-state index contributed by atoms with van der Waals surface area (Å²) in [4.78, 5) is 2.23. The molecule has 1 fully saturated rings. The van der Waals surface area contributed by atoms with Gasteiger partial charge in [0, 0.05) is 12.6 Å². The van der Waals surface area contributed by atoms with Crippen molar-refractivity contribution in [2.75, 3.05) is 32.7 Å². The first-order chi connectivity index (χ1) is 9.53. The summed E-state index contributed by atoms with van der Waals surface area (Å²) in [5.74, 6) is 0. The van der Waals surface area contributed by atoms with E-state index in [1.165, 1.54) is 0 Å².